The van der Waals surface area contributed by atoms with E-state index in [1.165, 1.54) is 36.2 Å². The van der Waals surface area contributed by atoms with Gasteiger partial charge in [0.1, 0.15) is 11.8 Å². The van der Waals surface area contributed by atoms with Gasteiger partial charge in [-0.3, -0.25) is 9.48 Å². The fourth-order valence-corrected chi connectivity index (χ4v) is 4.51. The van der Waals surface area contributed by atoms with Crippen molar-refractivity contribution in [3.63, 3.8) is 0 Å². The van der Waals surface area contributed by atoms with Crippen molar-refractivity contribution in [2.45, 2.75) is 25.3 Å². The summed E-state index contributed by atoms with van der Waals surface area (Å²) in [4.78, 5) is 12.0. The number of pyridine rings is 1. The maximum Gasteiger partial charge on any atom is 0.267 e. The van der Waals surface area contributed by atoms with E-state index in [0.29, 0.717) is 33.9 Å². The third-order valence-corrected chi connectivity index (χ3v) is 6.86. The van der Waals surface area contributed by atoms with Gasteiger partial charge in [0.2, 0.25) is 5.69 Å². The summed E-state index contributed by atoms with van der Waals surface area (Å²) in [6.45, 7) is 0. The lowest BCUT2D eigenvalue weighted by Gasteiger charge is -2.19. The van der Waals surface area contributed by atoms with E-state index >= 15 is 4.39 Å². The van der Waals surface area contributed by atoms with Crippen LogP contribution in [0.4, 0.5) is 4.39 Å². The average Bonchev–Trinajstić information content (AvgIpc) is 3.58. The number of hydrogen-bond donors (Lipinski definition) is 0. The van der Waals surface area contributed by atoms with Crippen LogP contribution in [0.25, 0.3) is 22.3 Å². The van der Waals surface area contributed by atoms with Gasteiger partial charge in [-0.05, 0) is 24.5 Å². The third-order valence-electron chi connectivity index (χ3n) is 6.57. The molecule has 1 saturated carbocycles. The highest BCUT2D eigenvalue weighted by atomic mass is 35.5. The standard InChI is InChI=1S/C26H22ClFN6O3/c1-32-24(35)8-17(11-30-32)18-12-31-33(13-18)21(7-15-3-4-15)22-9-23(37-2)19(14-34(22)36)25-16(10-29)5-6-20(27)26(25)28/h5-6,8-9,11-15,21H,3-4,7H2,1-2H3/t21-/m1/s1. The summed E-state index contributed by atoms with van der Waals surface area (Å²) in [5, 5.41) is 31.3. The summed E-state index contributed by atoms with van der Waals surface area (Å²) in [5.74, 6) is -0.145. The second kappa shape index (κ2) is 9.67. The van der Waals surface area contributed by atoms with Gasteiger partial charge in [-0.2, -0.15) is 20.2 Å². The van der Waals surface area contributed by atoms with Crippen molar-refractivity contribution in [1.82, 2.24) is 19.6 Å². The van der Waals surface area contributed by atoms with Gasteiger partial charge in [-0.1, -0.05) is 24.4 Å². The molecule has 11 heteroatoms. The topological polar surface area (TPSA) is 113 Å². The highest BCUT2D eigenvalue weighted by molar-refractivity contribution is 6.31. The Bertz CT molecular complexity index is 1610. The van der Waals surface area contributed by atoms with Crippen LogP contribution in [-0.4, -0.2) is 26.7 Å². The molecule has 0 N–H and O–H groups in total. The number of methoxy groups -OCH3 is 1. The summed E-state index contributed by atoms with van der Waals surface area (Å²) in [7, 11) is 2.98. The predicted molar refractivity (Wildman–Crippen MR) is 133 cm³/mol. The van der Waals surface area contributed by atoms with Crippen LogP contribution in [0.2, 0.25) is 5.02 Å². The van der Waals surface area contributed by atoms with Gasteiger partial charge in [0.15, 0.2) is 12.0 Å². The molecule has 188 valence electrons. The molecule has 0 amide bonds. The minimum atomic E-state index is -0.805. The molecule has 5 rings (SSSR count). The Balaban J connectivity index is 1.61. The van der Waals surface area contributed by atoms with Gasteiger partial charge in [-0.15, -0.1) is 0 Å². The molecule has 0 aliphatic heterocycles. The number of aryl methyl sites for hydroxylation is 1. The maximum absolute atomic E-state index is 15.0. The first-order valence-corrected chi connectivity index (χ1v) is 12.0. The van der Waals surface area contributed by atoms with Gasteiger partial charge in [0.25, 0.3) is 5.56 Å². The van der Waals surface area contributed by atoms with Crippen molar-refractivity contribution < 1.29 is 13.9 Å². The van der Waals surface area contributed by atoms with Crippen LogP contribution in [0, 0.1) is 28.3 Å². The molecule has 3 aromatic heterocycles. The zero-order chi connectivity index (χ0) is 26.3. The number of hydrogen-bond acceptors (Lipinski definition) is 6. The molecule has 1 aliphatic rings. The molecule has 9 nitrogen and oxygen atoms in total. The second-order valence-electron chi connectivity index (χ2n) is 9.01. The zero-order valence-corrected chi connectivity index (χ0v) is 20.8. The molecule has 0 bridgehead atoms. The van der Waals surface area contributed by atoms with Gasteiger partial charge in [0.05, 0.1) is 47.8 Å². The van der Waals surface area contributed by atoms with Crippen molar-refractivity contribution in [2.24, 2.45) is 13.0 Å². The Morgan fingerprint density at radius 1 is 1.30 bits per heavy atom. The van der Waals surface area contributed by atoms with E-state index < -0.39 is 11.9 Å². The quantitative estimate of drug-likeness (QED) is 0.269. The molecule has 1 aromatic carbocycles. The Kier molecular flexibility index (Phi) is 6.39. The van der Waals surface area contributed by atoms with Gasteiger partial charge < -0.3 is 9.94 Å². The van der Waals surface area contributed by atoms with Gasteiger partial charge >= 0.3 is 0 Å². The Labute approximate surface area is 216 Å². The van der Waals surface area contributed by atoms with Crippen LogP contribution in [0.5, 0.6) is 5.75 Å². The molecule has 4 aromatic rings. The van der Waals surface area contributed by atoms with Crippen LogP contribution >= 0.6 is 11.6 Å². The maximum atomic E-state index is 15.0. The van der Waals surface area contributed by atoms with E-state index in [2.05, 4.69) is 10.2 Å². The van der Waals surface area contributed by atoms with Crippen molar-refractivity contribution >= 4 is 11.6 Å². The number of halogens is 2. The van der Waals surface area contributed by atoms with E-state index in [1.54, 1.807) is 36.4 Å². The summed E-state index contributed by atoms with van der Waals surface area (Å²) >= 11 is 5.98. The predicted octanol–water partition coefficient (Wildman–Crippen LogP) is 4.01. The molecule has 0 unspecified atom stereocenters. The first-order chi connectivity index (χ1) is 17.8. The van der Waals surface area contributed by atoms with Crippen LogP contribution < -0.4 is 15.0 Å². The van der Waals surface area contributed by atoms with Gasteiger partial charge in [0, 0.05) is 36.0 Å². The zero-order valence-electron chi connectivity index (χ0n) is 20.1. The van der Waals surface area contributed by atoms with E-state index in [4.69, 9.17) is 16.3 Å². The largest absolute Gasteiger partial charge is 0.618 e. The lowest BCUT2D eigenvalue weighted by atomic mass is 9.98. The minimum absolute atomic E-state index is 0.0295. The number of nitriles is 1. The van der Waals surface area contributed by atoms with E-state index in [0.717, 1.165) is 12.8 Å². The molecule has 1 aliphatic carbocycles. The second-order valence-corrected chi connectivity index (χ2v) is 9.42. The SMILES string of the molecule is COc1cc([C@@H](CC2CC2)n2cc(-c3cnn(C)c(=O)c3)cn2)[n+]([O-])cc1-c1c(C#N)ccc(Cl)c1F. The van der Waals surface area contributed by atoms with E-state index in [1.807, 2.05) is 6.07 Å². The summed E-state index contributed by atoms with van der Waals surface area (Å²) < 4.78 is 24.1. The first-order valence-electron chi connectivity index (χ1n) is 11.6. The van der Waals surface area contributed by atoms with E-state index in [-0.39, 0.29) is 33.0 Å². The van der Waals surface area contributed by atoms with Crippen molar-refractivity contribution in [1.29, 1.82) is 5.26 Å². The fourth-order valence-electron chi connectivity index (χ4n) is 4.36. The third kappa shape index (κ3) is 4.66. The number of benzene rings is 1. The average molecular weight is 521 g/mol. The van der Waals surface area contributed by atoms with Crippen molar-refractivity contribution in [2.75, 3.05) is 7.11 Å². The normalized spacial score (nSPS) is 13.8. The van der Waals surface area contributed by atoms with Crippen molar-refractivity contribution in [3.05, 3.63) is 86.7 Å². The molecule has 0 spiro atoms. The minimum Gasteiger partial charge on any atom is -0.618 e. The Morgan fingerprint density at radius 3 is 2.73 bits per heavy atom. The smallest absolute Gasteiger partial charge is 0.267 e. The van der Waals surface area contributed by atoms with E-state index in [9.17, 15) is 15.3 Å². The number of ether oxygens (including phenoxy) is 1. The summed E-state index contributed by atoms with van der Waals surface area (Å²) in [6.07, 6.45) is 8.95. The van der Waals surface area contributed by atoms with Crippen LogP contribution in [0.1, 0.15) is 36.6 Å². The van der Waals surface area contributed by atoms with Crippen LogP contribution in [-0.2, 0) is 7.05 Å². The Hall–Kier alpha value is -4.23. The lowest BCUT2D eigenvalue weighted by molar-refractivity contribution is -0.615. The number of rotatable bonds is 7. The molecular formula is C26H22ClFN6O3. The molecule has 37 heavy (non-hydrogen) atoms. The van der Waals surface area contributed by atoms with Crippen LogP contribution in [0.3, 0.4) is 0 Å². The molecule has 1 fully saturated rings. The molecule has 1 atom stereocenters. The highest BCUT2D eigenvalue weighted by Gasteiger charge is 2.33. The van der Waals surface area contributed by atoms with Crippen LogP contribution in [0.15, 0.2) is 53.8 Å². The van der Waals surface area contributed by atoms with Gasteiger partial charge in [-0.25, -0.2) is 9.07 Å². The molecule has 0 radical (unpaired) electrons. The molecular weight excluding hydrogens is 499 g/mol. The number of nitrogens with zero attached hydrogens (tertiary/aromatic N) is 6. The summed E-state index contributed by atoms with van der Waals surface area (Å²) in [6, 6.07) is 7.23. The lowest BCUT2D eigenvalue weighted by Crippen LogP contribution is -2.36. The fraction of sp³-hybridized carbons (Fsp3) is 0.269. The highest BCUT2D eigenvalue weighted by Crippen LogP contribution is 2.41. The number of aromatic nitrogens is 5. The molecule has 0 saturated heterocycles. The monoisotopic (exact) mass is 520 g/mol. The molecule has 3 heterocycles. The first kappa shape index (κ1) is 24.5. The Morgan fingerprint density at radius 2 is 2.05 bits per heavy atom. The van der Waals surface area contributed by atoms with Crippen molar-refractivity contribution in [3.8, 4) is 34.1 Å². The summed E-state index contributed by atoms with van der Waals surface area (Å²) in [5.41, 5.74) is 1.46.